The molecule has 0 bridgehead atoms. The van der Waals surface area contributed by atoms with Gasteiger partial charge in [0.1, 0.15) is 0 Å². The molecule has 0 saturated carbocycles. The Balaban J connectivity index is 2.99. The van der Waals surface area contributed by atoms with Crippen LogP contribution in [0.15, 0.2) is 12.2 Å². The summed E-state index contributed by atoms with van der Waals surface area (Å²) in [5.74, 6) is 0. The zero-order valence-electron chi connectivity index (χ0n) is 10.3. The zero-order chi connectivity index (χ0) is 10.6. The molecule has 0 amide bonds. The number of nitrogens with zero attached hydrogens (tertiary/aromatic N) is 1. The van der Waals surface area contributed by atoms with Crippen molar-refractivity contribution in [3.8, 4) is 0 Å². The summed E-state index contributed by atoms with van der Waals surface area (Å²) in [4.78, 5) is 2.27. The summed E-state index contributed by atoms with van der Waals surface area (Å²) in [7, 11) is 4.29. The highest BCUT2D eigenvalue weighted by Gasteiger charge is 1.90. The summed E-state index contributed by atoms with van der Waals surface area (Å²) in [5, 5.41) is 0. The third kappa shape index (κ3) is 11.7. The molecular weight excluding hydrogens is 170 g/mol. The third-order valence-electron chi connectivity index (χ3n) is 2.35. The van der Waals surface area contributed by atoms with Crippen molar-refractivity contribution in [1.29, 1.82) is 0 Å². The number of hydrogen-bond donors (Lipinski definition) is 0. The molecule has 0 aromatic heterocycles. The first-order valence-corrected chi connectivity index (χ1v) is 6.07. The highest BCUT2D eigenvalue weighted by atomic mass is 15.0. The van der Waals surface area contributed by atoms with Gasteiger partial charge in [0.15, 0.2) is 0 Å². The van der Waals surface area contributed by atoms with Gasteiger partial charge in [0.25, 0.3) is 0 Å². The van der Waals surface area contributed by atoms with Crippen LogP contribution in [0.5, 0.6) is 0 Å². The quantitative estimate of drug-likeness (QED) is 0.401. The minimum atomic E-state index is 1.24. The van der Waals surface area contributed by atoms with Crippen LogP contribution in [-0.2, 0) is 0 Å². The largest absolute Gasteiger partial charge is 0.309 e. The smallest absolute Gasteiger partial charge is 0.00248 e. The second kappa shape index (κ2) is 10.8. The average Bonchev–Trinajstić information content (AvgIpc) is 2.15. The van der Waals surface area contributed by atoms with Gasteiger partial charge < -0.3 is 4.90 Å². The highest BCUT2D eigenvalue weighted by molar-refractivity contribution is 4.80. The Hall–Kier alpha value is -0.300. The summed E-state index contributed by atoms with van der Waals surface area (Å²) >= 11 is 0. The lowest BCUT2D eigenvalue weighted by Crippen LogP contribution is -2.12. The molecule has 0 aliphatic rings. The molecule has 0 aromatic rings. The van der Waals surface area contributed by atoms with E-state index in [9.17, 15) is 0 Å². The predicted octanol–water partition coefficient (Wildman–Crippen LogP) is 3.85. The van der Waals surface area contributed by atoms with Gasteiger partial charge in [0.05, 0.1) is 0 Å². The first kappa shape index (κ1) is 13.7. The summed E-state index contributed by atoms with van der Waals surface area (Å²) in [6, 6.07) is 0. The molecule has 0 rings (SSSR count). The van der Waals surface area contributed by atoms with Crippen LogP contribution in [0.1, 0.15) is 51.9 Å². The van der Waals surface area contributed by atoms with Gasteiger partial charge in [-0.25, -0.2) is 0 Å². The molecule has 0 N–H and O–H groups in total. The van der Waals surface area contributed by atoms with Crippen LogP contribution in [-0.4, -0.2) is 25.5 Å². The molecule has 0 unspecified atom stereocenters. The van der Waals surface area contributed by atoms with Gasteiger partial charge in [-0.3, -0.25) is 0 Å². The van der Waals surface area contributed by atoms with E-state index in [2.05, 4.69) is 38.1 Å². The van der Waals surface area contributed by atoms with Crippen molar-refractivity contribution < 1.29 is 0 Å². The standard InChI is InChI=1S/C13H27N/c1-4-5-6-7-8-9-10-11-12-13-14(2)3/h6-7H,4-5,8-13H2,1-3H3. The van der Waals surface area contributed by atoms with Crippen molar-refractivity contribution >= 4 is 0 Å². The van der Waals surface area contributed by atoms with E-state index in [1.807, 2.05) is 0 Å². The number of allylic oxidation sites excluding steroid dienone is 2. The average molecular weight is 197 g/mol. The van der Waals surface area contributed by atoms with Crippen molar-refractivity contribution in [2.24, 2.45) is 0 Å². The SMILES string of the molecule is CCCC=CCCCCCCN(C)C. The maximum Gasteiger partial charge on any atom is -0.00248 e. The lowest BCUT2D eigenvalue weighted by Gasteiger charge is -2.07. The molecule has 0 spiro atoms. The molecule has 0 aliphatic heterocycles. The second-order valence-electron chi connectivity index (χ2n) is 4.27. The van der Waals surface area contributed by atoms with Crippen LogP contribution in [0.4, 0.5) is 0 Å². The minimum absolute atomic E-state index is 1.24. The van der Waals surface area contributed by atoms with Gasteiger partial charge in [-0.1, -0.05) is 38.3 Å². The van der Waals surface area contributed by atoms with Crippen LogP contribution in [0.2, 0.25) is 0 Å². The topological polar surface area (TPSA) is 3.24 Å². The van der Waals surface area contributed by atoms with Gasteiger partial charge in [-0.15, -0.1) is 0 Å². The van der Waals surface area contributed by atoms with Gasteiger partial charge in [-0.2, -0.15) is 0 Å². The normalized spacial score (nSPS) is 11.7. The van der Waals surface area contributed by atoms with E-state index in [4.69, 9.17) is 0 Å². The molecule has 0 aromatic carbocycles. The van der Waals surface area contributed by atoms with Crippen LogP contribution in [0.25, 0.3) is 0 Å². The Morgan fingerprint density at radius 3 is 2.14 bits per heavy atom. The first-order chi connectivity index (χ1) is 6.77. The van der Waals surface area contributed by atoms with E-state index >= 15 is 0 Å². The third-order valence-corrected chi connectivity index (χ3v) is 2.35. The second-order valence-corrected chi connectivity index (χ2v) is 4.27. The van der Waals surface area contributed by atoms with E-state index in [1.54, 1.807) is 0 Å². The summed E-state index contributed by atoms with van der Waals surface area (Å²) in [6.45, 7) is 3.47. The molecular formula is C13H27N. The molecule has 0 heterocycles. The van der Waals surface area contributed by atoms with Crippen molar-refractivity contribution in [3.05, 3.63) is 12.2 Å². The molecule has 0 radical (unpaired) electrons. The lowest BCUT2D eigenvalue weighted by molar-refractivity contribution is 0.390. The van der Waals surface area contributed by atoms with Crippen molar-refractivity contribution in [2.75, 3.05) is 20.6 Å². The minimum Gasteiger partial charge on any atom is -0.309 e. The van der Waals surface area contributed by atoms with E-state index in [0.29, 0.717) is 0 Å². The lowest BCUT2D eigenvalue weighted by atomic mass is 10.1. The number of rotatable bonds is 9. The fourth-order valence-electron chi connectivity index (χ4n) is 1.45. The summed E-state index contributed by atoms with van der Waals surface area (Å²) in [5.41, 5.74) is 0. The number of unbranched alkanes of at least 4 members (excludes halogenated alkanes) is 5. The van der Waals surface area contributed by atoms with Crippen molar-refractivity contribution in [3.63, 3.8) is 0 Å². The molecule has 0 fully saturated rings. The Morgan fingerprint density at radius 2 is 1.50 bits per heavy atom. The van der Waals surface area contributed by atoms with Crippen molar-refractivity contribution in [1.82, 2.24) is 4.90 Å². The van der Waals surface area contributed by atoms with E-state index < -0.39 is 0 Å². The number of hydrogen-bond acceptors (Lipinski definition) is 1. The van der Waals surface area contributed by atoms with Crippen LogP contribution in [0, 0.1) is 0 Å². The van der Waals surface area contributed by atoms with Gasteiger partial charge >= 0.3 is 0 Å². The van der Waals surface area contributed by atoms with Crippen molar-refractivity contribution in [2.45, 2.75) is 51.9 Å². The zero-order valence-corrected chi connectivity index (χ0v) is 10.3. The Bertz CT molecular complexity index is 127. The monoisotopic (exact) mass is 197 g/mol. The van der Waals surface area contributed by atoms with Crippen LogP contribution in [0.3, 0.4) is 0 Å². The highest BCUT2D eigenvalue weighted by Crippen LogP contribution is 2.04. The van der Waals surface area contributed by atoms with Crippen LogP contribution < -0.4 is 0 Å². The first-order valence-electron chi connectivity index (χ1n) is 6.07. The van der Waals surface area contributed by atoms with Gasteiger partial charge in [-0.05, 0) is 46.3 Å². The fraction of sp³-hybridized carbons (Fsp3) is 0.846. The van der Waals surface area contributed by atoms with E-state index in [1.165, 1.54) is 51.5 Å². The molecule has 0 aliphatic carbocycles. The fourth-order valence-corrected chi connectivity index (χ4v) is 1.45. The molecule has 84 valence electrons. The molecule has 1 nitrogen and oxygen atoms in total. The molecule has 14 heavy (non-hydrogen) atoms. The van der Waals surface area contributed by atoms with E-state index in [-0.39, 0.29) is 0 Å². The van der Waals surface area contributed by atoms with Crippen LogP contribution >= 0.6 is 0 Å². The summed E-state index contributed by atoms with van der Waals surface area (Å²) in [6.07, 6.45) is 14.0. The summed E-state index contributed by atoms with van der Waals surface area (Å²) < 4.78 is 0. The maximum atomic E-state index is 2.34. The Morgan fingerprint density at radius 1 is 0.857 bits per heavy atom. The van der Waals surface area contributed by atoms with E-state index in [0.717, 1.165) is 0 Å². The maximum absolute atomic E-state index is 2.34. The van der Waals surface area contributed by atoms with Gasteiger partial charge in [0.2, 0.25) is 0 Å². The predicted molar refractivity (Wildman–Crippen MR) is 65.7 cm³/mol. The molecule has 0 atom stereocenters. The Kier molecular flexibility index (Phi) is 10.5. The van der Waals surface area contributed by atoms with Gasteiger partial charge in [0, 0.05) is 0 Å². The molecule has 1 heteroatoms. The Labute approximate surface area is 90.2 Å². The molecule has 0 saturated heterocycles.